The second kappa shape index (κ2) is 9.65. The first kappa shape index (κ1) is 17.8. The van der Waals surface area contributed by atoms with Crippen LogP contribution >= 0.6 is 0 Å². The van der Waals surface area contributed by atoms with E-state index in [2.05, 4.69) is 20.9 Å². The van der Waals surface area contributed by atoms with Gasteiger partial charge in [-0.2, -0.15) is 0 Å². The van der Waals surface area contributed by atoms with Crippen LogP contribution in [0, 0.1) is 5.92 Å². The summed E-state index contributed by atoms with van der Waals surface area (Å²) in [5.41, 5.74) is 1.11. The van der Waals surface area contributed by atoms with E-state index in [4.69, 9.17) is 4.74 Å². The highest BCUT2D eigenvalue weighted by Crippen LogP contribution is 2.11. The lowest BCUT2D eigenvalue weighted by Gasteiger charge is -2.13. The lowest BCUT2D eigenvalue weighted by atomic mass is 10.2. The van der Waals surface area contributed by atoms with Crippen LogP contribution in [0.3, 0.4) is 0 Å². The minimum absolute atomic E-state index is 0.00509. The molecule has 0 atom stereocenters. The summed E-state index contributed by atoms with van der Waals surface area (Å²) in [7, 11) is 3.37. The van der Waals surface area contributed by atoms with Crippen LogP contribution in [0.1, 0.15) is 19.4 Å². The number of ether oxygens (including phenoxy) is 1. The number of rotatable bonds is 7. The molecule has 6 heteroatoms. The van der Waals surface area contributed by atoms with Gasteiger partial charge < -0.3 is 20.7 Å². The van der Waals surface area contributed by atoms with Gasteiger partial charge in [-0.3, -0.25) is 9.79 Å². The van der Waals surface area contributed by atoms with Gasteiger partial charge >= 0.3 is 0 Å². The Labute approximate surface area is 132 Å². The third kappa shape index (κ3) is 6.47. The number of benzene rings is 1. The summed E-state index contributed by atoms with van der Waals surface area (Å²) in [4.78, 5) is 15.6. The Hall–Kier alpha value is -2.24. The van der Waals surface area contributed by atoms with E-state index in [1.165, 1.54) is 0 Å². The van der Waals surface area contributed by atoms with Crippen LogP contribution in [-0.2, 0) is 11.3 Å². The minimum Gasteiger partial charge on any atom is -0.497 e. The van der Waals surface area contributed by atoms with Gasteiger partial charge in [-0.1, -0.05) is 26.0 Å². The maximum absolute atomic E-state index is 11.4. The van der Waals surface area contributed by atoms with E-state index in [9.17, 15) is 4.79 Å². The fourth-order valence-electron chi connectivity index (χ4n) is 1.76. The average Bonchev–Trinajstić information content (AvgIpc) is 2.54. The molecule has 0 aliphatic rings. The zero-order chi connectivity index (χ0) is 16.4. The molecule has 0 spiro atoms. The van der Waals surface area contributed by atoms with Crippen molar-refractivity contribution in [2.24, 2.45) is 10.9 Å². The van der Waals surface area contributed by atoms with Gasteiger partial charge in [-0.25, -0.2) is 0 Å². The predicted octanol–water partition coefficient (Wildman–Crippen LogP) is 1.13. The van der Waals surface area contributed by atoms with Gasteiger partial charge in [0.2, 0.25) is 5.91 Å². The summed E-state index contributed by atoms with van der Waals surface area (Å²) in [5, 5.41) is 9.22. The maximum atomic E-state index is 11.4. The zero-order valence-electron chi connectivity index (χ0n) is 13.8. The summed E-state index contributed by atoms with van der Waals surface area (Å²) >= 11 is 0. The predicted molar refractivity (Wildman–Crippen MR) is 89.0 cm³/mol. The normalized spacial score (nSPS) is 11.2. The summed E-state index contributed by atoms with van der Waals surface area (Å²) in [5.74, 6) is 1.59. The highest BCUT2D eigenvalue weighted by Gasteiger charge is 2.05. The Morgan fingerprint density at radius 3 is 2.59 bits per heavy atom. The fraction of sp³-hybridized carbons (Fsp3) is 0.500. The highest BCUT2D eigenvalue weighted by molar-refractivity contribution is 5.80. The van der Waals surface area contributed by atoms with E-state index in [1.807, 2.05) is 38.1 Å². The molecule has 0 saturated carbocycles. The van der Waals surface area contributed by atoms with Crippen LogP contribution < -0.4 is 20.7 Å². The van der Waals surface area contributed by atoms with Crippen LogP contribution in [0.4, 0.5) is 0 Å². The van der Waals surface area contributed by atoms with E-state index in [-0.39, 0.29) is 11.8 Å². The molecule has 0 aromatic heterocycles. The van der Waals surface area contributed by atoms with Gasteiger partial charge in [0, 0.05) is 32.6 Å². The Kier molecular flexibility index (Phi) is 7.81. The summed E-state index contributed by atoms with van der Waals surface area (Å²) in [6.45, 7) is 5.58. The van der Waals surface area contributed by atoms with Gasteiger partial charge in [-0.05, 0) is 17.7 Å². The van der Waals surface area contributed by atoms with Crippen LogP contribution in [0.5, 0.6) is 5.75 Å². The molecule has 1 aromatic carbocycles. The van der Waals surface area contributed by atoms with Crippen molar-refractivity contribution in [3.05, 3.63) is 29.8 Å². The largest absolute Gasteiger partial charge is 0.497 e. The number of nitrogens with one attached hydrogen (secondary N) is 3. The first-order valence-corrected chi connectivity index (χ1v) is 7.42. The van der Waals surface area contributed by atoms with Crippen molar-refractivity contribution in [3.63, 3.8) is 0 Å². The molecule has 3 N–H and O–H groups in total. The zero-order valence-corrected chi connectivity index (χ0v) is 13.8. The number of hydrogen-bond donors (Lipinski definition) is 3. The first-order valence-electron chi connectivity index (χ1n) is 7.42. The number of amides is 1. The number of nitrogens with zero attached hydrogens (tertiary/aromatic N) is 1. The Bertz CT molecular complexity index is 501. The van der Waals surface area contributed by atoms with Gasteiger partial charge in [-0.15, -0.1) is 0 Å². The standard InChI is InChI=1S/C16H26N4O2/c1-12(2)15(21)18-8-9-19-16(17-3)20-11-13-6-5-7-14(10-13)22-4/h5-7,10,12H,8-9,11H2,1-4H3,(H,18,21)(H2,17,19,20). The van der Waals surface area contributed by atoms with Gasteiger partial charge in [0.15, 0.2) is 5.96 Å². The second-order valence-electron chi connectivity index (χ2n) is 5.15. The highest BCUT2D eigenvalue weighted by atomic mass is 16.5. The van der Waals surface area contributed by atoms with Gasteiger partial charge in [0.25, 0.3) is 0 Å². The molecule has 1 aromatic rings. The molecule has 0 unspecified atom stereocenters. The van der Waals surface area contributed by atoms with Crippen molar-refractivity contribution in [2.45, 2.75) is 20.4 Å². The van der Waals surface area contributed by atoms with E-state index in [1.54, 1.807) is 14.2 Å². The van der Waals surface area contributed by atoms with Gasteiger partial charge in [0.05, 0.1) is 7.11 Å². The number of methoxy groups -OCH3 is 1. The Balaban J connectivity index is 2.32. The Morgan fingerprint density at radius 2 is 1.95 bits per heavy atom. The molecule has 1 rings (SSSR count). The summed E-state index contributed by atoms with van der Waals surface area (Å²) in [6.07, 6.45) is 0. The SMILES string of the molecule is CN=C(NCCNC(=O)C(C)C)NCc1cccc(OC)c1. The van der Waals surface area contributed by atoms with Gasteiger partial charge in [0.1, 0.15) is 5.75 Å². The molecular weight excluding hydrogens is 280 g/mol. The number of hydrogen-bond acceptors (Lipinski definition) is 3. The molecule has 0 aliphatic carbocycles. The lowest BCUT2D eigenvalue weighted by molar-refractivity contribution is -0.123. The second-order valence-corrected chi connectivity index (χ2v) is 5.15. The molecule has 6 nitrogen and oxygen atoms in total. The number of guanidine groups is 1. The Morgan fingerprint density at radius 1 is 1.23 bits per heavy atom. The van der Waals surface area contributed by atoms with E-state index in [0.717, 1.165) is 11.3 Å². The third-order valence-corrected chi connectivity index (χ3v) is 3.06. The van der Waals surface area contributed by atoms with Crippen molar-refractivity contribution in [3.8, 4) is 5.75 Å². The summed E-state index contributed by atoms with van der Waals surface area (Å²) < 4.78 is 5.20. The van der Waals surface area contributed by atoms with Crippen molar-refractivity contribution >= 4 is 11.9 Å². The van der Waals surface area contributed by atoms with Crippen LogP contribution in [0.25, 0.3) is 0 Å². The number of aliphatic imine (C=N–C) groups is 1. The minimum atomic E-state index is 0.00509. The molecule has 0 aliphatic heterocycles. The van der Waals surface area contributed by atoms with Crippen LogP contribution in [0.2, 0.25) is 0 Å². The van der Waals surface area contributed by atoms with Crippen LogP contribution in [0.15, 0.2) is 29.3 Å². The van der Waals surface area contributed by atoms with Crippen molar-refractivity contribution in [1.82, 2.24) is 16.0 Å². The molecule has 0 heterocycles. The third-order valence-electron chi connectivity index (χ3n) is 3.06. The first-order chi connectivity index (χ1) is 10.6. The molecule has 22 heavy (non-hydrogen) atoms. The molecule has 122 valence electrons. The quantitative estimate of drug-likeness (QED) is 0.401. The van der Waals surface area contributed by atoms with Crippen molar-refractivity contribution in [1.29, 1.82) is 0 Å². The number of carbonyl (C=O) groups excluding carboxylic acids is 1. The molecule has 1 amide bonds. The topological polar surface area (TPSA) is 74.8 Å². The van der Waals surface area contributed by atoms with Crippen molar-refractivity contribution in [2.75, 3.05) is 27.2 Å². The fourth-order valence-corrected chi connectivity index (χ4v) is 1.76. The molecular formula is C16H26N4O2. The molecule has 0 saturated heterocycles. The van der Waals surface area contributed by atoms with E-state index in [0.29, 0.717) is 25.6 Å². The molecule has 0 bridgehead atoms. The van der Waals surface area contributed by atoms with Crippen LogP contribution in [-0.4, -0.2) is 39.1 Å². The number of carbonyl (C=O) groups is 1. The average molecular weight is 306 g/mol. The van der Waals surface area contributed by atoms with E-state index < -0.39 is 0 Å². The summed E-state index contributed by atoms with van der Waals surface area (Å²) in [6, 6.07) is 7.86. The smallest absolute Gasteiger partial charge is 0.222 e. The van der Waals surface area contributed by atoms with Crippen molar-refractivity contribution < 1.29 is 9.53 Å². The van der Waals surface area contributed by atoms with E-state index >= 15 is 0 Å². The molecule has 0 fully saturated rings. The lowest BCUT2D eigenvalue weighted by Crippen LogP contribution is -2.41. The molecule has 0 radical (unpaired) electrons. The maximum Gasteiger partial charge on any atom is 0.222 e. The monoisotopic (exact) mass is 306 g/mol.